The molecule has 0 saturated heterocycles. The van der Waals surface area contributed by atoms with Crippen LogP contribution in [0.15, 0.2) is 42.5 Å². The minimum atomic E-state index is -0.0874. The van der Waals surface area contributed by atoms with Crippen molar-refractivity contribution in [2.24, 2.45) is 0 Å². The lowest BCUT2D eigenvalue weighted by Crippen LogP contribution is -2.05. The van der Waals surface area contributed by atoms with E-state index in [1.807, 2.05) is 30.3 Å². The van der Waals surface area contributed by atoms with Crippen LogP contribution in [0.4, 0.5) is 11.5 Å². The van der Waals surface area contributed by atoms with E-state index in [9.17, 15) is 4.79 Å². The van der Waals surface area contributed by atoms with E-state index < -0.39 is 0 Å². The van der Waals surface area contributed by atoms with Crippen molar-refractivity contribution in [1.29, 1.82) is 0 Å². The number of anilines is 2. The predicted octanol–water partition coefficient (Wildman–Crippen LogP) is 5.00. The molecule has 0 atom stereocenters. The number of hydrogen-bond donors (Lipinski definition) is 2. The maximum atomic E-state index is 11.3. The third kappa shape index (κ3) is 3.36. The van der Waals surface area contributed by atoms with Gasteiger partial charge in [-0.15, -0.1) is 11.3 Å². The fourth-order valence-electron chi connectivity index (χ4n) is 3.20. The fourth-order valence-corrected chi connectivity index (χ4v) is 4.41. The number of aryl methyl sites for hydroxylation is 1. The summed E-state index contributed by atoms with van der Waals surface area (Å²) in [4.78, 5) is 20.6. The number of rotatable bonds is 4. The first-order valence-electron chi connectivity index (χ1n) is 8.92. The average Bonchev–Trinajstić information content (AvgIpc) is 3.06. The Balaban J connectivity index is 1.83. The number of nitrogen functional groups attached to an aromatic ring is 1. The second-order valence-electron chi connectivity index (χ2n) is 6.53. The van der Waals surface area contributed by atoms with Crippen LogP contribution in [-0.4, -0.2) is 15.9 Å². The number of amides is 1. The third-order valence-corrected chi connectivity index (χ3v) is 5.53. The zero-order valence-electron chi connectivity index (χ0n) is 15.2. The molecule has 0 spiro atoms. The Morgan fingerprint density at radius 3 is 2.74 bits per heavy atom. The van der Waals surface area contributed by atoms with E-state index in [0.717, 1.165) is 55.8 Å². The first-order valence-corrected chi connectivity index (χ1v) is 9.73. The van der Waals surface area contributed by atoms with Gasteiger partial charge in [-0.05, 0) is 42.2 Å². The number of thiazole rings is 1. The number of pyridine rings is 1. The van der Waals surface area contributed by atoms with Gasteiger partial charge in [0.15, 0.2) is 5.82 Å². The molecule has 0 saturated carbocycles. The molecular weight excluding hydrogens is 356 g/mol. The molecular formula is C21H20N4OS. The van der Waals surface area contributed by atoms with Gasteiger partial charge >= 0.3 is 0 Å². The van der Waals surface area contributed by atoms with E-state index in [0.29, 0.717) is 5.82 Å². The van der Waals surface area contributed by atoms with Crippen molar-refractivity contribution >= 4 is 49.9 Å². The minimum absolute atomic E-state index is 0.0874. The standard InChI is InChI=1S/C21H20N4OS/c1-3-5-18-25-19-20(27-18)16-9-8-14(11-17(16)24-21(19)22)13-6-4-7-15(10-13)23-12(2)26/h4,6-11H,3,5H2,1-2H3,(H2,22,24)(H,23,26). The summed E-state index contributed by atoms with van der Waals surface area (Å²) in [5, 5.41) is 4.99. The smallest absolute Gasteiger partial charge is 0.221 e. The summed E-state index contributed by atoms with van der Waals surface area (Å²) in [6, 6.07) is 14.0. The Morgan fingerprint density at radius 1 is 1.15 bits per heavy atom. The summed E-state index contributed by atoms with van der Waals surface area (Å²) < 4.78 is 1.10. The normalized spacial score (nSPS) is 11.2. The molecule has 4 aromatic rings. The number of hydrogen-bond acceptors (Lipinski definition) is 5. The number of benzene rings is 2. The average molecular weight is 376 g/mol. The van der Waals surface area contributed by atoms with Gasteiger partial charge in [0.25, 0.3) is 0 Å². The Kier molecular flexibility index (Phi) is 4.49. The molecule has 0 aliphatic heterocycles. The Bertz CT molecular complexity index is 1170. The predicted molar refractivity (Wildman–Crippen MR) is 113 cm³/mol. The van der Waals surface area contributed by atoms with E-state index in [1.165, 1.54) is 6.92 Å². The molecule has 0 aliphatic carbocycles. The summed E-state index contributed by atoms with van der Waals surface area (Å²) in [6.07, 6.45) is 2.01. The lowest BCUT2D eigenvalue weighted by Gasteiger charge is -2.08. The summed E-state index contributed by atoms with van der Waals surface area (Å²) in [5.41, 5.74) is 10.7. The molecule has 0 unspecified atom stereocenters. The van der Waals surface area contributed by atoms with Crippen molar-refractivity contribution in [2.75, 3.05) is 11.1 Å². The van der Waals surface area contributed by atoms with Crippen LogP contribution in [-0.2, 0) is 11.2 Å². The lowest BCUT2D eigenvalue weighted by atomic mass is 10.0. The number of carbonyl (C=O) groups is 1. The number of aromatic nitrogens is 2. The van der Waals surface area contributed by atoms with Crippen molar-refractivity contribution in [2.45, 2.75) is 26.7 Å². The number of nitrogens with two attached hydrogens (primary N) is 1. The Hall–Kier alpha value is -2.99. The number of fused-ring (bicyclic) bond motifs is 3. The summed E-state index contributed by atoms with van der Waals surface area (Å²) in [6.45, 7) is 3.65. The molecule has 3 N–H and O–H groups in total. The molecule has 136 valence electrons. The van der Waals surface area contributed by atoms with Crippen molar-refractivity contribution in [1.82, 2.24) is 9.97 Å². The number of carbonyl (C=O) groups excluding carboxylic acids is 1. The molecule has 1 amide bonds. The first kappa shape index (κ1) is 17.4. The van der Waals surface area contributed by atoms with Gasteiger partial charge < -0.3 is 11.1 Å². The van der Waals surface area contributed by atoms with E-state index in [-0.39, 0.29) is 5.91 Å². The molecule has 27 heavy (non-hydrogen) atoms. The number of nitrogens with one attached hydrogen (secondary N) is 1. The topological polar surface area (TPSA) is 80.9 Å². The van der Waals surface area contributed by atoms with Gasteiger partial charge in [-0.25, -0.2) is 9.97 Å². The summed E-state index contributed by atoms with van der Waals surface area (Å²) in [7, 11) is 0. The summed E-state index contributed by atoms with van der Waals surface area (Å²) >= 11 is 1.70. The van der Waals surface area contributed by atoms with Crippen LogP contribution in [0.1, 0.15) is 25.3 Å². The Morgan fingerprint density at radius 2 is 1.96 bits per heavy atom. The molecule has 0 fully saturated rings. The van der Waals surface area contributed by atoms with Gasteiger partial charge in [-0.1, -0.05) is 31.2 Å². The largest absolute Gasteiger partial charge is 0.382 e. The van der Waals surface area contributed by atoms with Crippen molar-refractivity contribution in [3.8, 4) is 11.1 Å². The van der Waals surface area contributed by atoms with Crippen LogP contribution in [0.25, 0.3) is 32.2 Å². The maximum absolute atomic E-state index is 11.3. The fraction of sp³-hybridized carbons (Fsp3) is 0.190. The van der Waals surface area contributed by atoms with Gasteiger partial charge in [-0.2, -0.15) is 0 Å². The first-order chi connectivity index (χ1) is 13.0. The van der Waals surface area contributed by atoms with Crippen molar-refractivity contribution < 1.29 is 4.79 Å². The Labute approximate surface area is 161 Å². The van der Waals surface area contributed by atoms with Gasteiger partial charge in [0.1, 0.15) is 5.52 Å². The molecule has 0 radical (unpaired) electrons. The van der Waals surface area contributed by atoms with Crippen molar-refractivity contribution in [3.05, 3.63) is 47.5 Å². The van der Waals surface area contributed by atoms with Crippen LogP contribution in [0.3, 0.4) is 0 Å². The molecule has 5 nitrogen and oxygen atoms in total. The van der Waals surface area contributed by atoms with Gasteiger partial charge in [0.05, 0.1) is 15.2 Å². The second-order valence-corrected chi connectivity index (χ2v) is 7.61. The van der Waals surface area contributed by atoms with Crippen LogP contribution in [0.2, 0.25) is 0 Å². The van der Waals surface area contributed by atoms with E-state index in [4.69, 9.17) is 5.73 Å². The van der Waals surface area contributed by atoms with Crippen LogP contribution in [0.5, 0.6) is 0 Å². The van der Waals surface area contributed by atoms with Crippen LogP contribution >= 0.6 is 11.3 Å². The number of nitrogens with zero attached hydrogens (tertiary/aromatic N) is 2. The van der Waals surface area contributed by atoms with Gasteiger partial charge in [-0.3, -0.25) is 4.79 Å². The molecule has 0 aliphatic rings. The van der Waals surface area contributed by atoms with Crippen LogP contribution < -0.4 is 11.1 Å². The highest BCUT2D eigenvalue weighted by atomic mass is 32.1. The van der Waals surface area contributed by atoms with Gasteiger partial charge in [0.2, 0.25) is 5.91 Å². The van der Waals surface area contributed by atoms with Gasteiger partial charge in [0, 0.05) is 18.0 Å². The van der Waals surface area contributed by atoms with Crippen molar-refractivity contribution in [3.63, 3.8) is 0 Å². The SMILES string of the molecule is CCCc1nc2c(N)nc3cc(-c4cccc(NC(C)=O)c4)ccc3c2s1. The lowest BCUT2D eigenvalue weighted by molar-refractivity contribution is -0.114. The molecule has 2 aromatic carbocycles. The molecule has 0 bridgehead atoms. The molecule has 2 aromatic heterocycles. The highest BCUT2D eigenvalue weighted by Gasteiger charge is 2.13. The summed E-state index contributed by atoms with van der Waals surface area (Å²) in [5.74, 6) is 0.385. The maximum Gasteiger partial charge on any atom is 0.221 e. The highest BCUT2D eigenvalue weighted by molar-refractivity contribution is 7.19. The second kappa shape index (κ2) is 6.96. The van der Waals surface area contributed by atoms with Crippen LogP contribution in [0, 0.1) is 0 Å². The zero-order chi connectivity index (χ0) is 19.0. The third-order valence-electron chi connectivity index (χ3n) is 4.38. The van der Waals surface area contributed by atoms with E-state index in [2.05, 4.69) is 34.3 Å². The monoisotopic (exact) mass is 376 g/mol. The quantitative estimate of drug-likeness (QED) is 0.525. The minimum Gasteiger partial charge on any atom is -0.382 e. The zero-order valence-corrected chi connectivity index (χ0v) is 16.1. The molecule has 4 rings (SSSR count). The highest BCUT2D eigenvalue weighted by Crippen LogP contribution is 2.35. The molecule has 6 heteroatoms. The molecule has 2 heterocycles. The van der Waals surface area contributed by atoms with E-state index in [1.54, 1.807) is 11.3 Å². The van der Waals surface area contributed by atoms with E-state index >= 15 is 0 Å².